The molecule has 0 bridgehead atoms. The molecule has 0 spiro atoms. The molecular weight excluding hydrogens is 252 g/mol. The summed E-state index contributed by atoms with van der Waals surface area (Å²) in [4.78, 5) is 4.00. The van der Waals surface area contributed by atoms with E-state index in [1.54, 1.807) is 26.6 Å². The van der Waals surface area contributed by atoms with Crippen molar-refractivity contribution in [3.05, 3.63) is 53.9 Å². The highest BCUT2D eigenvalue weighted by Gasteiger charge is 2.08. The fourth-order valence-corrected chi connectivity index (χ4v) is 2.14. The summed E-state index contributed by atoms with van der Waals surface area (Å²) in [6, 6.07) is 9.90. The number of nitrogens with two attached hydrogens (primary N) is 1. The molecule has 1 atom stereocenters. The second kappa shape index (κ2) is 6.91. The quantitative estimate of drug-likeness (QED) is 0.878. The molecule has 2 N–H and O–H groups in total. The van der Waals surface area contributed by atoms with Crippen LogP contribution in [0, 0.1) is 0 Å². The van der Waals surface area contributed by atoms with Gasteiger partial charge in [-0.15, -0.1) is 0 Å². The van der Waals surface area contributed by atoms with E-state index < -0.39 is 0 Å². The number of hydrogen-bond acceptors (Lipinski definition) is 4. The molecule has 1 aromatic heterocycles. The number of nitrogens with zero attached hydrogens (tertiary/aromatic N) is 1. The first-order chi connectivity index (χ1) is 9.74. The van der Waals surface area contributed by atoms with Crippen molar-refractivity contribution in [1.82, 2.24) is 4.98 Å². The lowest BCUT2D eigenvalue weighted by molar-refractivity contribution is 0.354. The topological polar surface area (TPSA) is 57.4 Å². The number of hydrogen-bond donors (Lipinski definition) is 1. The van der Waals surface area contributed by atoms with Crippen LogP contribution < -0.4 is 15.2 Å². The Morgan fingerprint density at radius 3 is 2.40 bits per heavy atom. The molecule has 4 nitrogen and oxygen atoms in total. The third-order valence-electron chi connectivity index (χ3n) is 3.33. The molecule has 2 rings (SSSR count). The molecule has 20 heavy (non-hydrogen) atoms. The molecule has 0 aliphatic rings. The molecule has 4 heteroatoms. The molecule has 106 valence electrons. The van der Waals surface area contributed by atoms with Gasteiger partial charge in [-0.05, 0) is 48.2 Å². The molecule has 2 aromatic rings. The van der Waals surface area contributed by atoms with E-state index in [1.807, 2.05) is 30.3 Å². The minimum atomic E-state index is 0.0195. The SMILES string of the molecule is COc1ccc(CCC(N)c2ccncc2)cc1OC. The molecule has 1 unspecified atom stereocenters. The van der Waals surface area contributed by atoms with E-state index in [9.17, 15) is 0 Å². The zero-order valence-corrected chi connectivity index (χ0v) is 11.9. The minimum Gasteiger partial charge on any atom is -0.493 e. The van der Waals surface area contributed by atoms with Gasteiger partial charge in [-0.3, -0.25) is 4.98 Å². The van der Waals surface area contributed by atoms with Crippen molar-refractivity contribution in [3.8, 4) is 11.5 Å². The van der Waals surface area contributed by atoms with Gasteiger partial charge in [0.05, 0.1) is 14.2 Å². The fourth-order valence-electron chi connectivity index (χ4n) is 2.14. The minimum absolute atomic E-state index is 0.0195. The van der Waals surface area contributed by atoms with Crippen LogP contribution in [-0.4, -0.2) is 19.2 Å². The van der Waals surface area contributed by atoms with Crippen LogP contribution in [0.5, 0.6) is 11.5 Å². The van der Waals surface area contributed by atoms with Gasteiger partial charge in [-0.25, -0.2) is 0 Å². The van der Waals surface area contributed by atoms with Crippen molar-refractivity contribution in [2.45, 2.75) is 18.9 Å². The molecule has 0 radical (unpaired) electrons. The second-order valence-electron chi connectivity index (χ2n) is 4.62. The maximum atomic E-state index is 6.19. The van der Waals surface area contributed by atoms with E-state index in [0.29, 0.717) is 0 Å². The Morgan fingerprint density at radius 1 is 1.05 bits per heavy atom. The molecule has 1 heterocycles. The average Bonchev–Trinajstić information content (AvgIpc) is 2.53. The van der Waals surface area contributed by atoms with E-state index in [2.05, 4.69) is 4.98 Å². The number of pyridine rings is 1. The van der Waals surface area contributed by atoms with Gasteiger partial charge >= 0.3 is 0 Å². The summed E-state index contributed by atoms with van der Waals surface area (Å²) < 4.78 is 10.5. The Balaban J connectivity index is 2.00. The van der Waals surface area contributed by atoms with Crippen molar-refractivity contribution >= 4 is 0 Å². The number of benzene rings is 1. The van der Waals surface area contributed by atoms with Gasteiger partial charge in [0.15, 0.2) is 11.5 Å². The molecule has 0 fully saturated rings. The van der Waals surface area contributed by atoms with Crippen molar-refractivity contribution in [1.29, 1.82) is 0 Å². The Morgan fingerprint density at radius 2 is 1.75 bits per heavy atom. The van der Waals surface area contributed by atoms with Gasteiger partial charge in [-0.1, -0.05) is 6.07 Å². The third-order valence-corrected chi connectivity index (χ3v) is 3.33. The first-order valence-electron chi connectivity index (χ1n) is 6.61. The number of aromatic nitrogens is 1. The smallest absolute Gasteiger partial charge is 0.160 e. The standard InChI is InChI=1S/C16H20N2O2/c1-19-15-6-4-12(11-16(15)20-2)3-5-14(17)13-7-9-18-10-8-13/h4,6-11,14H,3,5,17H2,1-2H3. The Kier molecular flexibility index (Phi) is 4.96. The molecule has 1 aromatic carbocycles. The van der Waals surface area contributed by atoms with Crippen molar-refractivity contribution < 1.29 is 9.47 Å². The highest BCUT2D eigenvalue weighted by molar-refractivity contribution is 5.42. The third kappa shape index (κ3) is 3.48. The van der Waals surface area contributed by atoms with E-state index in [-0.39, 0.29) is 6.04 Å². The van der Waals surface area contributed by atoms with E-state index in [0.717, 1.165) is 29.9 Å². The predicted octanol–water partition coefficient (Wildman–Crippen LogP) is 2.73. The summed E-state index contributed by atoms with van der Waals surface area (Å²) in [5.41, 5.74) is 8.48. The van der Waals surface area contributed by atoms with Crippen LogP contribution in [0.3, 0.4) is 0 Å². The van der Waals surface area contributed by atoms with Crippen molar-refractivity contribution in [3.63, 3.8) is 0 Å². The highest BCUT2D eigenvalue weighted by Crippen LogP contribution is 2.28. The summed E-state index contributed by atoms with van der Waals surface area (Å²) in [5, 5.41) is 0. The maximum absolute atomic E-state index is 6.19. The molecule has 0 aliphatic heterocycles. The van der Waals surface area contributed by atoms with Gasteiger partial charge in [0, 0.05) is 18.4 Å². The van der Waals surface area contributed by atoms with Gasteiger partial charge in [-0.2, -0.15) is 0 Å². The summed E-state index contributed by atoms with van der Waals surface area (Å²) in [5.74, 6) is 1.50. The lowest BCUT2D eigenvalue weighted by Gasteiger charge is -2.13. The monoisotopic (exact) mass is 272 g/mol. The van der Waals surface area contributed by atoms with Crippen LogP contribution in [-0.2, 0) is 6.42 Å². The zero-order chi connectivity index (χ0) is 14.4. The van der Waals surface area contributed by atoms with Crippen LogP contribution in [0.4, 0.5) is 0 Å². The maximum Gasteiger partial charge on any atom is 0.160 e. The average molecular weight is 272 g/mol. The fraction of sp³-hybridized carbons (Fsp3) is 0.312. The summed E-state index contributed by atoms with van der Waals surface area (Å²) in [7, 11) is 3.28. The zero-order valence-electron chi connectivity index (χ0n) is 11.9. The first kappa shape index (κ1) is 14.3. The molecule has 0 aliphatic carbocycles. The number of methoxy groups -OCH3 is 2. The van der Waals surface area contributed by atoms with Crippen LogP contribution in [0.25, 0.3) is 0 Å². The Bertz CT molecular complexity index is 543. The van der Waals surface area contributed by atoms with Crippen LogP contribution >= 0.6 is 0 Å². The van der Waals surface area contributed by atoms with Crippen LogP contribution in [0.2, 0.25) is 0 Å². The first-order valence-corrected chi connectivity index (χ1v) is 6.61. The number of rotatable bonds is 6. The van der Waals surface area contributed by atoms with Gasteiger partial charge in [0.25, 0.3) is 0 Å². The Labute approximate surface area is 119 Å². The van der Waals surface area contributed by atoms with E-state index >= 15 is 0 Å². The molecule has 0 saturated heterocycles. The molecular formula is C16H20N2O2. The summed E-state index contributed by atoms with van der Waals surface area (Å²) >= 11 is 0. The normalized spacial score (nSPS) is 11.9. The molecule has 0 saturated carbocycles. The summed E-state index contributed by atoms with van der Waals surface area (Å²) in [6.07, 6.45) is 5.31. The van der Waals surface area contributed by atoms with Crippen LogP contribution in [0.1, 0.15) is 23.6 Å². The van der Waals surface area contributed by atoms with E-state index in [4.69, 9.17) is 15.2 Å². The molecule has 0 amide bonds. The highest BCUT2D eigenvalue weighted by atomic mass is 16.5. The largest absolute Gasteiger partial charge is 0.493 e. The van der Waals surface area contributed by atoms with Gasteiger partial charge in [0.1, 0.15) is 0 Å². The van der Waals surface area contributed by atoms with Crippen LogP contribution in [0.15, 0.2) is 42.7 Å². The lowest BCUT2D eigenvalue weighted by Crippen LogP contribution is -2.11. The summed E-state index contributed by atoms with van der Waals surface area (Å²) in [6.45, 7) is 0. The van der Waals surface area contributed by atoms with Gasteiger partial charge in [0.2, 0.25) is 0 Å². The van der Waals surface area contributed by atoms with Gasteiger partial charge < -0.3 is 15.2 Å². The Hall–Kier alpha value is -2.07. The predicted molar refractivity (Wildman–Crippen MR) is 79.0 cm³/mol. The second-order valence-corrected chi connectivity index (χ2v) is 4.62. The number of aryl methyl sites for hydroxylation is 1. The van der Waals surface area contributed by atoms with Crippen molar-refractivity contribution in [2.24, 2.45) is 5.73 Å². The number of ether oxygens (including phenoxy) is 2. The van der Waals surface area contributed by atoms with Crippen molar-refractivity contribution in [2.75, 3.05) is 14.2 Å². The van der Waals surface area contributed by atoms with E-state index in [1.165, 1.54) is 5.56 Å². The lowest BCUT2D eigenvalue weighted by atomic mass is 10.0.